The van der Waals surface area contributed by atoms with Crippen LogP contribution in [0, 0.1) is 6.92 Å². The van der Waals surface area contributed by atoms with Gasteiger partial charge in [-0.2, -0.15) is 0 Å². The summed E-state index contributed by atoms with van der Waals surface area (Å²) in [5.74, 6) is 0.0369. The first-order valence-corrected chi connectivity index (χ1v) is 10.8. The number of halogens is 2. The second-order valence-electron chi connectivity index (χ2n) is 7.13. The van der Waals surface area contributed by atoms with Gasteiger partial charge in [0.2, 0.25) is 5.91 Å². The molecule has 1 N–H and O–H groups in total. The summed E-state index contributed by atoms with van der Waals surface area (Å²) in [4.78, 5) is 27.1. The third-order valence-electron chi connectivity index (χ3n) is 4.79. The van der Waals surface area contributed by atoms with Crippen LogP contribution in [-0.2, 0) is 16.1 Å². The molecular formula is C23H28Cl2N2O3. The van der Waals surface area contributed by atoms with Crippen molar-refractivity contribution >= 4 is 35.0 Å². The molecule has 0 radical (unpaired) electrons. The average Bonchev–Trinajstić information content (AvgIpc) is 2.73. The van der Waals surface area contributed by atoms with Gasteiger partial charge in [0.25, 0.3) is 5.91 Å². The molecule has 0 aliphatic carbocycles. The molecule has 0 aliphatic rings. The highest BCUT2D eigenvalue weighted by Crippen LogP contribution is 2.22. The van der Waals surface area contributed by atoms with Crippen molar-refractivity contribution < 1.29 is 14.3 Å². The molecule has 0 saturated heterocycles. The number of nitrogens with zero attached hydrogens (tertiary/aromatic N) is 1. The zero-order chi connectivity index (χ0) is 22.1. The fraction of sp³-hybridized carbons (Fsp3) is 0.391. The summed E-state index contributed by atoms with van der Waals surface area (Å²) in [6, 6.07) is 11.8. The van der Waals surface area contributed by atoms with E-state index in [0.29, 0.717) is 22.3 Å². The van der Waals surface area contributed by atoms with Gasteiger partial charge >= 0.3 is 0 Å². The molecule has 5 nitrogen and oxygen atoms in total. The number of hydrogen-bond acceptors (Lipinski definition) is 3. The highest BCUT2D eigenvalue weighted by atomic mass is 35.5. The maximum atomic E-state index is 13.0. The van der Waals surface area contributed by atoms with E-state index in [-0.39, 0.29) is 25.0 Å². The number of unbranched alkanes of at least 4 members (excludes halogenated alkanes) is 1. The van der Waals surface area contributed by atoms with Crippen molar-refractivity contribution in [3.8, 4) is 5.75 Å². The molecule has 1 atom stereocenters. The van der Waals surface area contributed by atoms with Gasteiger partial charge in [-0.1, -0.05) is 54.7 Å². The number of benzene rings is 2. The van der Waals surface area contributed by atoms with Gasteiger partial charge in [0, 0.05) is 23.1 Å². The average molecular weight is 451 g/mol. The highest BCUT2D eigenvalue weighted by molar-refractivity contribution is 6.31. The van der Waals surface area contributed by atoms with Crippen molar-refractivity contribution in [1.29, 1.82) is 0 Å². The van der Waals surface area contributed by atoms with E-state index in [1.165, 1.54) is 4.90 Å². The first-order valence-electron chi connectivity index (χ1n) is 10.0. The molecule has 7 heteroatoms. The largest absolute Gasteiger partial charge is 0.484 e. The second kappa shape index (κ2) is 11.8. The quantitative estimate of drug-likeness (QED) is 0.517. The first-order chi connectivity index (χ1) is 14.3. The van der Waals surface area contributed by atoms with Gasteiger partial charge in [-0.15, -0.1) is 0 Å². The molecule has 0 heterocycles. The third kappa shape index (κ3) is 6.92. The number of amides is 2. The van der Waals surface area contributed by atoms with E-state index in [0.717, 1.165) is 24.0 Å². The number of nitrogens with one attached hydrogen (secondary N) is 1. The maximum Gasteiger partial charge on any atom is 0.261 e. The summed E-state index contributed by atoms with van der Waals surface area (Å²) in [6.45, 7) is 6.22. The molecule has 0 aromatic heterocycles. The van der Waals surface area contributed by atoms with Crippen LogP contribution >= 0.6 is 23.2 Å². The summed E-state index contributed by atoms with van der Waals surface area (Å²) in [6.07, 6.45) is 1.86. The molecule has 2 aromatic carbocycles. The van der Waals surface area contributed by atoms with Gasteiger partial charge in [-0.05, 0) is 55.7 Å². The summed E-state index contributed by atoms with van der Waals surface area (Å²) in [5.41, 5.74) is 1.63. The molecule has 162 valence electrons. The molecule has 2 amide bonds. The van der Waals surface area contributed by atoms with Crippen LogP contribution in [0.25, 0.3) is 0 Å². The number of hydrogen-bond donors (Lipinski definition) is 1. The zero-order valence-electron chi connectivity index (χ0n) is 17.6. The van der Waals surface area contributed by atoms with E-state index < -0.39 is 6.04 Å². The van der Waals surface area contributed by atoms with Crippen LogP contribution in [0.5, 0.6) is 5.75 Å². The summed E-state index contributed by atoms with van der Waals surface area (Å²) < 4.78 is 5.67. The standard InChI is InChI=1S/C23H28Cl2N2O3/c1-4-5-12-26-23(29)17(3)27(14-18-8-6-7-9-21(18)25)22(28)15-30-19-10-11-20(24)16(2)13-19/h6-11,13,17H,4-5,12,14-15H2,1-3H3,(H,26,29)/t17-/m1/s1. The van der Waals surface area contributed by atoms with Crippen LogP contribution in [0.15, 0.2) is 42.5 Å². The predicted octanol–water partition coefficient (Wildman–Crippen LogP) is 5.01. The summed E-state index contributed by atoms with van der Waals surface area (Å²) in [5, 5.41) is 4.06. The van der Waals surface area contributed by atoms with Crippen LogP contribution < -0.4 is 10.1 Å². The van der Waals surface area contributed by atoms with Crippen molar-refractivity contribution in [2.24, 2.45) is 0 Å². The Morgan fingerprint density at radius 2 is 1.87 bits per heavy atom. The Balaban J connectivity index is 2.14. The molecular weight excluding hydrogens is 423 g/mol. The number of carbonyl (C=O) groups is 2. The summed E-state index contributed by atoms with van der Waals surface area (Å²) >= 11 is 12.3. The fourth-order valence-corrected chi connectivity index (χ4v) is 3.18. The van der Waals surface area contributed by atoms with E-state index in [1.54, 1.807) is 31.2 Å². The Morgan fingerprint density at radius 1 is 1.13 bits per heavy atom. The fourth-order valence-electron chi connectivity index (χ4n) is 2.86. The molecule has 0 fully saturated rings. The number of carbonyl (C=O) groups excluding carboxylic acids is 2. The maximum absolute atomic E-state index is 13.0. The SMILES string of the molecule is CCCCNC(=O)[C@@H](C)N(Cc1ccccc1Cl)C(=O)COc1ccc(Cl)c(C)c1. The van der Waals surface area contributed by atoms with Gasteiger partial charge in [-0.3, -0.25) is 9.59 Å². The lowest BCUT2D eigenvalue weighted by Crippen LogP contribution is -2.49. The first kappa shape index (κ1) is 24.0. The summed E-state index contributed by atoms with van der Waals surface area (Å²) in [7, 11) is 0. The zero-order valence-corrected chi connectivity index (χ0v) is 19.1. The van der Waals surface area contributed by atoms with E-state index in [2.05, 4.69) is 12.2 Å². The van der Waals surface area contributed by atoms with Crippen LogP contribution in [0.2, 0.25) is 10.0 Å². The van der Waals surface area contributed by atoms with Crippen LogP contribution in [0.1, 0.15) is 37.8 Å². The van der Waals surface area contributed by atoms with Crippen molar-refractivity contribution in [3.63, 3.8) is 0 Å². The minimum atomic E-state index is -0.666. The molecule has 2 rings (SSSR count). The van der Waals surface area contributed by atoms with Crippen molar-refractivity contribution in [1.82, 2.24) is 10.2 Å². The molecule has 0 saturated carbocycles. The van der Waals surface area contributed by atoms with E-state index >= 15 is 0 Å². The monoisotopic (exact) mass is 450 g/mol. The van der Waals surface area contributed by atoms with Crippen LogP contribution in [0.3, 0.4) is 0 Å². The predicted molar refractivity (Wildman–Crippen MR) is 121 cm³/mol. The van der Waals surface area contributed by atoms with Gasteiger partial charge in [0.15, 0.2) is 6.61 Å². The van der Waals surface area contributed by atoms with Crippen LogP contribution in [-0.4, -0.2) is 35.9 Å². The Hall–Kier alpha value is -2.24. The smallest absolute Gasteiger partial charge is 0.261 e. The lowest BCUT2D eigenvalue weighted by Gasteiger charge is -2.29. The lowest BCUT2D eigenvalue weighted by molar-refractivity contribution is -0.142. The van der Waals surface area contributed by atoms with Gasteiger partial charge in [0.05, 0.1) is 0 Å². The van der Waals surface area contributed by atoms with Gasteiger partial charge in [0.1, 0.15) is 11.8 Å². The molecule has 0 aliphatic heterocycles. The minimum absolute atomic E-state index is 0.196. The molecule has 0 bridgehead atoms. The highest BCUT2D eigenvalue weighted by Gasteiger charge is 2.27. The van der Waals surface area contributed by atoms with Gasteiger partial charge < -0.3 is 15.0 Å². The van der Waals surface area contributed by atoms with Gasteiger partial charge in [-0.25, -0.2) is 0 Å². The van der Waals surface area contributed by atoms with E-state index in [9.17, 15) is 9.59 Å². The van der Waals surface area contributed by atoms with Crippen molar-refractivity contribution in [2.75, 3.05) is 13.2 Å². The molecule has 0 spiro atoms. The van der Waals surface area contributed by atoms with E-state index in [1.807, 2.05) is 25.1 Å². The third-order valence-corrected chi connectivity index (χ3v) is 5.58. The molecule has 0 unspecified atom stereocenters. The Labute approximate surface area is 188 Å². The number of ether oxygens (including phenoxy) is 1. The van der Waals surface area contributed by atoms with Crippen molar-refractivity contribution in [2.45, 2.75) is 46.2 Å². The second-order valence-corrected chi connectivity index (χ2v) is 7.95. The van der Waals surface area contributed by atoms with E-state index in [4.69, 9.17) is 27.9 Å². The Bertz CT molecular complexity index is 873. The van der Waals surface area contributed by atoms with Crippen molar-refractivity contribution in [3.05, 3.63) is 63.6 Å². The number of aryl methyl sites for hydroxylation is 1. The minimum Gasteiger partial charge on any atom is -0.484 e. The molecule has 30 heavy (non-hydrogen) atoms. The topological polar surface area (TPSA) is 58.6 Å². The Morgan fingerprint density at radius 3 is 2.53 bits per heavy atom. The Kier molecular flexibility index (Phi) is 9.47. The number of rotatable bonds is 10. The molecule has 2 aromatic rings. The van der Waals surface area contributed by atoms with Crippen LogP contribution in [0.4, 0.5) is 0 Å². The lowest BCUT2D eigenvalue weighted by atomic mass is 10.1. The normalized spacial score (nSPS) is 11.6.